The van der Waals surface area contributed by atoms with Crippen molar-refractivity contribution in [2.75, 3.05) is 0 Å². The molecular formula is C41H44Cl4Zr. The molecule has 6 rings (SSSR count). The monoisotopic (exact) mass is 766 g/mol. The molecule has 0 aromatic heterocycles. The zero-order valence-electron chi connectivity index (χ0n) is 27.5. The van der Waals surface area contributed by atoms with Gasteiger partial charge < -0.3 is 0 Å². The van der Waals surface area contributed by atoms with Gasteiger partial charge in [0.2, 0.25) is 0 Å². The molecule has 0 nitrogen and oxygen atoms in total. The Kier molecular flexibility index (Phi) is 12.6. The van der Waals surface area contributed by atoms with Crippen molar-refractivity contribution in [2.45, 2.75) is 73.1 Å². The largest absolute Gasteiger partial charge is 0.147 e. The van der Waals surface area contributed by atoms with Gasteiger partial charge in [0.15, 0.2) is 0 Å². The first kappa shape index (κ1) is 37.1. The van der Waals surface area contributed by atoms with Gasteiger partial charge in [0.1, 0.15) is 0 Å². The summed E-state index contributed by atoms with van der Waals surface area (Å²) in [5.41, 5.74) is 9.99. The molecule has 3 aromatic carbocycles. The van der Waals surface area contributed by atoms with Crippen molar-refractivity contribution in [2.24, 2.45) is 5.41 Å². The van der Waals surface area contributed by atoms with E-state index in [9.17, 15) is 0 Å². The molecule has 1 unspecified atom stereocenters. The van der Waals surface area contributed by atoms with E-state index in [2.05, 4.69) is 126 Å². The molecule has 0 amide bonds. The number of halogens is 4. The Bertz CT molecular complexity index is 1850. The Labute approximate surface area is 305 Å². The van der Waals surface area contributed by atoms with Crippen LogP contribution in [-0.2, 0) is 34.1 Å². The fourth-order valence-electron chi connectivity index (χ4n) is 7.20. The maximum absolute atomic E-state index is 6.36. The Morgan fingerprint density at radius 1 is 0.804 bits per heavy atom. The molecule has 5 heteroatoms. The van der Waals surface area contributed by atoms with Crippen LogP contribution in [0.5, 0.6) is 0 Å². The fourth-order valence-corrected chi connectivity index (χ4v) is 16.9. The van der Waals surface area contributed by atoms with E-state index in [0.29, 0.717) is 0 Å². The molecule has 46 heavy (non-hydrogen) atoms. The number of aryl methyl sites for hydroxylation is 2. The third kappa shape index (κ3) is 7.46. The predicted molar refractivity (Wildman–Crippen MR) is 203 cm³/mol. The van der Waals surface area contributed by atoms with E-state index in [-0.39, 0.29) is 30.2 Å². The van der Waals surface area contributed by atoms with Gasteiger partial charge in [-0.1, -0.05) is 0 Å². The summed E-state index contributed by atoms with van der Waals surface area (Å²) in [5, 5.41) is 4.39. The first-order chi connectivity index (χ1) is 21.2. The minimum Gasteiger partial charge on any atom is -0.147 e. The van der Waals surface area contributed by atoms with Crippen molar-refractivity contribution in [3.63, 3.8) is 0 Å². The van der Waals surface area contributed by atoms with Crippen LogP contribution in [0.2, 0.25) is 10.0 Å². The van der Waals surface area contributed by atoms with Crippen molar-refractivity contribution in [3.05, 3.63) is 145 Å². The number of fused-ring (bicyclic) bond motifs is 2. The van der Waals surface area contributed by atoms with Gasteiger partial charge in [0.25, 0.3) is 0 Å². The molecule has 0 saturated heterocycles. The van der Waals surface area contributed by atoms with Gasteiger partial charge in [-0.2, -0.15) is 0 Å². The topological polar surface area (TPSA) is 0 Å². The van der Waals surface area contributed by atoms with Crippen LogP contribution in [0.1, 0.15) is 68.7 Å². The first-order valence-corrected chi connectivity index (χ1v) is 20.5. The standard InChI is InChI=1S/C21H25.C15H12Cl2.C5H5.2ClH.Zr/c1-6-7-8-21(5)13-18-12-17-9-14(2)15(3)10-19(17)20(18)11-16(21)4;16-14-8-4-12(5-9-14)2-1-3-13-6-10-15(17)11-7-13;1-2-4-5-3-1;;;/h9-12H,6-8H2,1-5H3;4-11H,2-3H2;1-3H,4H2;2*1H;. The molecule has 3 aromatic rings. The third-order valence-corrected chi connectivity index (χ3v) is 18.8. The smallest absolute Gasteiger partial charge is 0.147 e. The number of allylic oxidation sites excluding steroid dienone is 8. The van der Waals surface area contributed by atoms with Gasteiger partial charge in [-0.25, -0.2) is 0 Å². The summed E-state index contributed by atoms with van der Waals surface area (Å²) in [5.74, 6) is 0. The Morgan fingerprint density at radius 3 is 1.93 bits per heavy atom. The third-order valence-electron chi connectivity index (χ3n) is 9.99. The molecule has 0 N–H and O–H groups in total. The number of rotatable bonds is 9. The SMILES string of the molecule is CCCCC1(C)C(C)=CC2=c3cc(C)c(C)cc3=CC2=[C]1[Zr]([C]1=CC=CC1)=[C](Cc1ccc(Cl)cc1)Cc1ccc(Cl)cc1.Cl.Cl. The van der Waals surface area contributed by atoms with Crippen LogP contribution in [0, 0.1) is 19.3 Å². The van der Waals surface area contributed by atoms with Crippen molar-refractivity contribution in [1.29, 1.82) is 0 Å². The van der Waals surface area contributed by atoms with Gasteiger partial charge in [-0.05, 0) is 0 Å². The Hall–Kier alpha value is -1.73. The molecule has 3 aliphatic carbocycles. The predicted octanol–water partition coefficient (Wildman–Crippen LogP) is 10.9. The van der Waals surface area contributed by atoms with Gasteiger partial charge in [-0.15, -0.1) is 24.8 Å². The van der Waals surface area contributed by atoms with E-state index in [1.165, 1.54) is 68.7 Å². The maximum Gasteiger partial charge on any atom is -0.147 e. The van der Waals surface area contributed by atoms with E-state index < -0.39 is 21.3 Å². The number of hydrogen-bond donors (Lipinski definition) is 0. The first-order valence-electron chi connectivity index (χ1n) is 16.0. The molecule has 0 aliphatic heterocycles. The summed E-state index contributed by atoms with van der Waals surface area (Å²) in [6, 6.07) is 22.0. The molecule has 3 aliphatic rings. The summed E-state index contributed by atoms with van der Waals surface area (Å²) >= 11 is 10.0. The number of benzene rings is 3. The summed E-state index contributed by atoms with van der Waals surface area (Å²) in [7, 11) is 0. The summed E-state index contributed by atoms with van der Waals surface area (Å²) in [6.07, 6.45) is 18.9. The van der Waals surface area contributed by atoms with Crippen molar-refractivity contribution in [1.82, 2.24) is 0 Å². The second kappa shape index (κ2) is 15.7. The van der Waals surface area contributed by atoms with E-state index in [1.807, 2.05) is 0 Å². The molecule has 0 fully saturated rings. The zero-order valence-corrected chi connectivity index (χ0v) is 33.1. The molecule has 240 valence electrons. The van der Waals surface area contributed by atoms with Gasteiger partial charge in [-0.3, -0.25) is 0 Å². The quantitative estimate of drug-likeness (QED) is 0.203. The van der Waals surface area contributed by atoms with Gasteiger partial charge in [0.05, 0.1) is 0 Å². The number of unbranched alkanes of at least 4 members (excludes halogenated alkanes) is 1. The van der Waals surface area contributed by atoms with Crippen molar-refractivity contribution in [3.8, 4) is 0 Å². The average molecular weight is 770 g/mol. The van der Waals surface area contributed by atoms with Gasteiger partial charge >= 0.3 is 283 Å². The van der Waals surface area contributed by atoms with E-state index in [1.54, 1.807) is 9.77 Å². The van der Waals surface area contributed by atoms with Crippen LogP contribution in [-0.4, -0.2) is 3.21 Å². The van der Waals surface area contributed by atoms with Crippen LogP contribution in [0.25, 0.3) is 11.6 Å². The minimum atomic E-state index is -2.70. The van der Waals surface area contributed by atoms with E-state index in [4.69, 9.17) is 23.2 Å². The van der Waals surface area contributed by atoms with Gasteiger partial charge in [0, 0.05) is 0 Å². The van der Waals surface area contributed by atoms with Crippen LogP contribution in [0.3, 0.4) is 0 Å². The van der Waals surface area contributed by atoms with E-state index in [0.717, 1.165) is 29.3 Å². The van der Waals surface area contributed by atoms with Crippen LogP contribution in [0.15, 0.2) is 103 Å². The Morgan fingerprint density at radius 2 is 1.39 bits per heavy atom. The molecular weight excluding hydrogens is 725 g/mol. The molecule has 0 heterocycles. The molecule has 1 atom stereocenters. The second-order valence-electron chi connectivity index (χ2n) is 13.0. The van der Waals surface area contributed by atoms with E-state index >= 15 is 0 Å². The summed E-state index contributed by atoms with van der Waals surface area (Å²) in [4.78, 5) is 0. The van der Waals surface area contributed by atoms with Crippen LogP contribution < -0.4 is 10.4 Å². The molecule has 0 radical (unpaired) electrons. The number of hydrogen-bond acceptors (Lipinski definition) is 0. The fraction of sp³-hybridized carbons (Fsp3) is 0.293. The normalized spacial score (nSPS) is 17.8. The zero-order chi connectivity index (χ0) is 31.0. The van der Waals surface area contributed by atoms with Crippen LogP contribution >= 0.6 is 48.0 Å². The Balaban J connectivity index is 0.00000240. The minimum absolute atomic E-state index is 0. The maximum atomic E-state index is 6.36. The van der Waals surface area contributed by atoms with Crippen LogP contribution in [0.4, 0.5) is 0 Å². The molecule has 0 saturated carbocycles. The van der Waals surface area contributed by atoms with Crippen molar-refractivity contribution >= 4 is 62.9 Å². The second-order valence-corrected chi connectivity index (χ2v) is 20.3. The average Bonchev–Trinajstić information content (AvgIpc) is 3.65. The summed E-state index contributed by atoms with van der Waals surface area (Å²) < 4.78 is 5.20. The van der Waals surface area contributed by atoms with Crippen molar-refractivity contribution < 1.29 is 21.3 Å². The summed E-state index contributed by atoms with van der Waals surface area (Å²) in [6.45, 7) is 11.8. The molecule has 0 spiro atoms. The molecule has 0 bridgehead atoms.